The maximum Gasteiger partial charge on any atom is 0.434 e. The summed E-state index contributed by atoms with van der Waals surface area (Å²) in [7, 11) is 1.35. The number of benzene rings is 2. The van der Waals surface area contributed by atoms with Crippen LogP contribution in [-0.4, -0.2) is 23.0 Å². The highest BCUT2D eigenvalue weighted by Gasteiger charge is 2.16. The topological polar surface area (TPSA) is 44.1 Å². The van der Waals surface area contributed by atoms with Crippen LogP contribution in [-0.2, 0) is 4.74 Å². The number of hydrogen-bond acceptors (Lipinski definition) is 4. The molecule has 0 atom stereocenters. The molecule has 4 rings (SSSR count). The van der Waals surface area contributed by atoms with Gasteiger partial charge in [-0.15, -0.1) is 11.3 Å². The first-order valence-electron chi connectivity index (χ1n) is 6.73. The van der Waals surface area contributed by atoms with Gasteiger partial charge in [-0.05, 0) is 35.7 Å². The van der Waals surface area contributed by atoms with Crippen LogP contribution in [0, 0.1) is 6.07 Å². The van der Waals surface area contributed by atoms with Gasteiger partial charge in [0.1, 0.15) is 0 Å². The molecule has 0 saturated carbocycles. The normalized spacial score (nSPS) is 11.1. The largest absolute Gasteiger partial charge is 0.451 e. The summed E-state index contributed by atoms with van der Waals surface area (Å²) in [5.41, 5.74) is 1.68. The zero-order valence-corrected chi connectivity index (χ0v) is 12.6. The van der Waals surface area contributed by atoms with Crippen molar-refractivity contribution in [3.63, 3.8) is 0 Å². The molecule has 0 spiro atoms. The molecule has 0 fully saturated rings. The zero-order chi connectivity index (χ0) is 15.1. The van der Waals surface area contributed by atoms with Crippen molar-refractivity contribution < 1.29 is 9.53 Å². The predicted molar refractivity (Wildman–Crippen MR) is 87.2 cm³/mol. The van der Waals surface area contributed by atoms with Crippen molar-refractivity contribution in [2.75, 3.05) is 7.11 Å². The lowest BCUT2D eigenvalue weighted by Gasteiger charge is -2.04. The van der Waals surface area contributed by atoms with E-state index in [2.05, 4.69) is 29.4 Å². The maximum atomic E-state index is 11.9. The number of aromatic nitrogens is 2. The molecule has 0 unspecified atom stereocenters. The van der Waals surface area contributed by atoms with Crippen molar-refractivity contribution in [3.05, 3.63) is 54.7 Å². The molecule has 2 aromatic heterocycles. The molecular weight excluding hydrogens is 296 g/mol. The molecular formula is C17H11N2O2S. The Morgan fingerprint density at radius 3 is 2.95 bits per heavy atom. The molecule has 107 valence electrons. The molecule has 0 N–H and O–H groups in total. The molecule has 2 aromatic carbocycles. The van der Waals surface area contributed by atoms with Gasteiger partial charge in [-0.1, -0.05) is 18.2 Å². The summed E-state index contributed by atoms with van der Waals surface area (Å²) in [5.74, 6) is 0. The van der Waals surface area contributed by atoms with Gasteiger partial charge >= 0.3 is 6.09 Å². The fraction of sp³-hybridized carbons (Fsp3) is 0.0588. The molecule has 4 aromatic rings. The van der Waals surface area contributed by atoms with Crippen molar-refractivity contribution in [2.24, 2.45) is 0 Å². The number of ether oxygens (including phenoxy) is 1. The summed E-state index contributed by atoms with van der Waals surface area (Å²) < 4.78 is 7.31. The third kappa shape index (κ3) is 1.90. The minimum atomic E-state index is -0.497. The minimum Gasteiger partial charge on any atom is -0.451 e. The Labute approximate surface area is 130 Å². The maximum absolute atomic E-state index is 11.9. The van der Waals surface area contributed by atoms with E-state index >= 15 is 0 Å². The fourth-order valence-corrected chi connectivity index (χ4v) is 3.63. The van der Waals surface area contributed by atoms with Crippen molar-refractivity contribution in [1.82, 2.24) is 9.78 Å². The van der Waals surface area contributed by atoms with E-state index in [0.29, 0.717) is 0 Å². The minimum absolute atomic E-state index is 0.497. The lowest BCUT2D eigenvalue weighted by molar-refractivity contribution is 0.170. The van der Waals surface area contributed by atoms with Gasteiger partial charge < -0.3 is 4.74 Å². The molecule has 1 radical (unpaired) electrons. The van der Waals surface area contributed by atoms with Gasteiger partial charge in [0.2, 0.25) is 0 Å². The van der Waals surface area contributed by atoms with Crippen LogP contribution in [0.25, 0.3) is 31.4 Å². The van der Waals surface area contributed by atoms with Crippen LogP contribution in [0.4, 0.5) is 4.79 Å². The second-order valence-corrected chi connectivity index (χ2v) is 5.93. The Bertz CT molecular complexity index is 967. The van der Waals surface area contributed by atoms with Gasteiger partial charge in [0.25, 0.3) is 0 Å². The second kappa shape index (κ2) is 4.96. The second-order valence-electron chi connectivity index (χ2n) is 4.85. The van der Waals surface area contributed by atoms with Crippen LogP contribution < -0.4 is 0 Å². The number of thiophene rings is 1. The number of methoxy groups -OCH3 is 1. The quantitative estimate of drug-likeness (QED) is 0.525. The Hall–Kier alpha value is -2.66. The number of carbonyl (C=O) groups is 1. The van der Waals surface area contributed by atoms with Crippen molar-refractivity contribution in [1.29, 1.82) is 0 Å². The predicted octanol–water partition coefficient (Wildman–Crippen LogP) is 4.33. The van der Waals surface area contributed by atoms with Crippen LogP contribution >= 0.6 is 11.3 Å². The van der Waals surface area contributed by atoms with E-state index in [1.54, 1.807) is 17.5 Å². The van der Waals surface area contributed by atoms with E-state index in [9.17, 15) is 4.79 Å². The Morgan fingerprint density at radius 1 is 1.27 bits per heavy atom. The van der Waals surface area contributed by atoms with Gasteiger partial charge in [-0.25, -0.2) is 4.79 Å². The Balaban J connectivity index is 2.01. The Kier molecular flexibility index (Phi) is 2.94. The van der Waals surface area contributed by atoms with Crippen molar-refractivity contribution >= 4 is 38.4 Å². The Morgan fingerprint density at radius 2 is 2.14 bits per heavy atom. The van der Waals surface area contributed by atoms with Crippen LogP contribution in [0.5, 0.6) is 0 Å². The van der Waals surface area contributed by atoms with Crippen molar-refractivity contribution in [2.45, 2.75) is 0 Å². The van der Waals surface area contributed by atoms with Gasteiger partial charge in [-0.2, -0.15) is 9.78 Å². The number of hydrogen-bond donors (Lipinski definition) is 0. The summed E-state index contributed by atoms with van der Waals surface area (Å²) in [6.45, 7) is 0. The molecule has 0 aliphatic carbocycles. The highest BCUT2D eigenvalue weighted by atomic mass is 32.1. The summed E-state index contributed by atoms with van der Waals surface area (Å²) in [4.78, 5) is 13.0. The molecule has 4 nitrogen and oxygen atoms in total. The monoisotopic (exact) mass is 307 g/mol. The first-order valence-corrected chi connectivity index (χ1v) is 7.54. The lowest BCUT2D eigenvalue weighted by Crippen LogP contribution is -2.12. The number of fused-ring (bicyclic) bond motifs is 2. The first kappa shape index (κ1) is 13.0. The molecule has 0 bridgehead atoms. The van der Waals surface area contributed by atoms with Gasteiger partial charge in [0, 0.05) is 20.5 Å². The third-order valence-electron chi connectivity index (χ3n) is 3.56. The molecule has 0 saturated heterocycles. The van der Waals surface area contributed by atoms with Crippen LogP contribution in [0.15, 0.2) is 48.7 Å². The highest BCUT2D eigenvalue weighted by molar-refractivity contribution is 7.22. The van der Waals surface area contributed by atoms with Crippen LogP contribution in [0.2, 0.25) is 0 Å². The molecule has 0 amide bonds. The van der Waals surface area contributed by atoms with Crippen LogP contribution in [0.3, 0.4) is 0 Å². The summed E-state index contributed by atoms with van der Waals surface area (Å²) >= 11 is 1.68. The molecule has 0 aliphatic heterocycles. The molecule has 2 heterocycles. The average molecular weight is 307 g/mol. The van der Waals surface area contributed by atoms with E-state index in [-0.39, 0.29) is 0 Å². The van der Waals surface area contributed by atoms with E-state index in [1.807, 2.05) is 24.3 Å². The lowest BCUT2D eigenvalue weighted by atomic mass is 10.1. The summed E-state index contributed by atoms with van der Waals surface area (Å²) in [6, 6.07) is 17.2. The fourth-order valence-electron chi connectivity index (χ4n) is 2.55. The molecule has 5 heteroatoms. The molecule has 0 aliphatic rings. The first-order chi connectivity index (χ1) is 10.8. The smallest absolute Gasteiger partial charge is 0.434 e. The van der Waals surface area contributed by atoms with Gasteiger partial charge in [-0.3, -0.25) is 0 Å². The van der Waals surface area contributed by atoms with Gasteiger partial charge in [0.05, 0.1) is 18.8 Å². The highest BCUT2D eigenvalue weighted by Crippen LogP contribution is 2.36. The average Bonchev–Trinajstić information content (AvgIpc) is 3.17. The van der Waals surface area contributed by atoms with E-state index < -0.39 is 6.09 Å². The van der Waals surface area contributed by atoms with Crippen LogP contribution in [0.1, 0.15) is 0 Å². The van der Waals surface area contributed by atoms with E-state index in [0.717, 1.165) is 21.3 Å². The molecule has 22 heavy (non-hydrogen) atoms. The number of nitrogens with zero attached hydrogens (tertiary/aromatic N) is 2. The van der Waals surface area contributed by atoms with Crippen molar-refractivity contribution in [3.8, 4) is 10.4 Å². The SMILES string of the molecule is COC(=O)n1ncc2c[c]cc(-c3cc4ccccc4s3)c21. The van der Waals surface area contributed by atoms with Gasteiger partial charge in [0.15, 0.2) is 0 Å². The number of carbonyl (C=O) groups excluding carboxylic acids is 1. The summed E-state index contributed by atoms with van der Waals surface area (Å²) in [6.07, 6.45) is 1.16. The summed E-state index contributed by atoms with van der Waals surface area (Å²) in [5, 5.41) is 6.18. The third-order valence-corrected chi connectivity index (χ3v) is 4.71. The number of rotatable bonds is 1. The van der Waals surface area contributed by atoms with E-state index in [1.165, 1.54) is 21.9 Å². The zero-order valence-electron chi connectivity index (χ0n) is 11.7. The standard InChI is InChI=1S/C17H11N2O2S/c1-21-17(20)19-16-12(10-18-19)6-4-7-13(16)15-9-11-5-2-3-8-14(11)22-15/h2-3,5-10H,1H3. The van der Waals surface area contributed by atoms with E-state index in [4.69, 9.17) is 4.74 Å².